The molecule has 0 saturated heterocycles. The molecule has 0 spiro atoms. The molecule has 0 saturated carbocycles. The maximum Gasteiger partial charge on any atom is 0.0200 e. The Kier molecular flexibility index (Phi) is 5.52. The number of aromatic nitrogens is 1. The van der Waals surface area contributed by atoms with Gasteiger partial charge >= 0.3 is 0 Å². The van der Waals surface area contributed by atoms with Crippen LogP contribution in [0.15, 0.2) is 12.3 Å². The Hall–Kier alpha value is -0.720. The van der Waals surface area contributed by atoms with Crippen molar-refractivity contribution in [2.24, 2.45) is 7.05 Å². The van der Waals surface area contributed by atoms with Crippen molar-refractivity contribution in [1.29, 1.82) is 0 Å². The van der Waals surface area contributed by atoms with Gasteiger partial charge in [-0.05, 0) is 24.0 Å². The Balaban J connectivity index is 0.000000671. The van der Waals surface area contributed by atoms with E-state index in [9.17, 15) is 0 Å². The van der Waals surface area contributed by atoms with E-state index in [-0.39, 0.29) is 0 Å². The summed E-state index contributed by atoms with van der Waals surface area (Å²) in [6.45, 7) is 10.7. The van der Waals surface area contributed by atoms with Gasteiger partial charge in [0.1, 0.15) is 0 Å². The topological polar surface area (TPSA) is 4.93 Å². The van der Waals surface area contributed by atoms with Gasteiger partial charge in [0.15, 0.2) is 0 Å². The van der Waals surface area contributed by atoms with Crippen LogP contribution < -0.4 is 0 Å². The highest BCUT2D eigenvalue weighted by Crippen LogP contribution is 2.16. The van der Waals surface area contributed by atoms with Crippen LogP contribution in [0.5, 0.6) is 0 Å². The van der Waals surface area contributed by atoms with Gasteiger partial charge in [0.05, 0.1) is 0 Å². The Morgan fingerprint density at radius 1 is 1.31 bits per heavy atom. The largest absolute Gasteiger partial charge is 0.354 e. The highest BCUT2D eigenvalue weighted by atomic mass is 14.9. The zero-order chi connectivity index (χ0) is 10.4. The van der Waals surface area contributed by atoms with Crippen molar-refractivity contribution >= 4 is 0 Å². The normalized spacial score (nSPS) is 9.77. The van der Waals surface area contributed by atoms with Crippen LogP contribution in [0.25, 0.3) is 0 Å². The highest BCUT2D eigenvalue weighted by Gasteiger charge is 2.04. The van der Waals surface area contributed by atoms with Crippen molar-refractivity contribution in [3.63, 3.8) is 0 Å². The van der Waals surface area contributed by atoms with Crippen LogP contribution in [0.1, 0.15) is 51.8 Å². The van der Waals surface area contributed by atoms with Crippen molar-refractivity contribution < 1.29 is 0 Å². The van der Waals surface area contributed by atoms with E-state index in [1.165, 1.54) is 11.3 Å². The third-order valence-corrected chi connectivity index (χ3v) is 2.10. The minimum absolute atomic E-state index is 0.639. The first-order valence-corrected chi connectivity index (χ1v) is 5.30. The van der Waals surface area contributed by atoms with Crippen LogP contribution in [0.4, 0.5) is 0 Å². The predicted octanol–water partition coefficient (Wildman–Crippen LogP) is 3.74. The molecule has 0 atom stereocenters. The summed E-state index contributed by atoms with van der Waals surface area (Å²) >= 11 is 0. The van der Waals surface area contributed by atoms with Gasteiger partial charge in [-0.3, -0.25) is 0 Å². The van der Waals surface area contributed by atoms with Crippen molar-refractivity contribution in [1.82, 2.24) is 4.57 Å². The monoisotopic (exact) mass is 181 g/mol. The number of hydrogen-bond donors (Lipinski definition) is 0. The van der Waals surface area contributed by atoms with E-state index < -0.39 is 0 Å². The van der Waals surface area contributed by atoms with Crippen LogP contribution >= 0.6 is 0 Å². The van der Waals surface area contributed by atoms with Crippen LogP contribution in [-0.4, -0.2) is 4.57 Å². The van der Waals surface area contributed by atoms with Crippen molar-refractivity contribution in [3.8, 4) is 0 Å². The van der Waals surface area contributed by atoms with Gasteiger partial charge in [0, 0.05) is 18.9 Å². The van der Waals surface area contributed by atoms with E-state index in [1.54, 1.807) is 0 Å². The average molecular weight is 181 g/mol. The maximum absolute atomic E-state index is 2.30. The lowest BCUT2D eigenvalue weighted by Crippen LogP contribution is -1.95. The smallest absolute Gasteiger partial charge is 0.0200 e. The second-order valence-electron chi connectivity index (χ2n) is 3.39. The molecule has 0 aliphatic rings. The number of rotatable bonds is 2. The van der Waals surface area contributed by atoms with Gasteiger partial charge in [0.25, 0.3) is 0 Å². The molecule has 0 radical (unpaired) electrons. The fourth-order valence-corrected chi connectivity index (χ4v) is 1.42. The predicted molar refractivity (Wildman–Crippen MR) is 60.2 cm³/mol. The van der Waals surface area contributed by atoms with E-state index in [0.29, 0.717) is 5.92 Å². The molecule has 0 amide bonds. The Morgan fingerprint density at radius 2 is 1.85 bits per heavy atom. The Bertz CT molecular complexity index is 233. The Morgan fingerprint density at radius 3 is 2.08 bits per heavy atom. The zero-order valence-corrected chi connectivity index (χ0v) is 9.89. The molecule has 1 rings (SSSR count). The van der Waals surface area contributed by atoms with Crippen molar-refractivity contribution in [3.05, 3.63) is 23.5 Å². The molecule has 76 valence electrons. The molecule has 1 heteroatoms. The molecule has 0 N–H and O–H groups in total. The second kappa shape index (κ2) is 5.85. The van der Waals surface area contributed by atoms with E-state index in [1.807, 2.05) is 13.8 Å². The minimum Gasteiger partial charge on any atom is -0.354 e. The number of hydrogen-bond acceptors (Lipinski definition) is 0. The third-order valence-electron chi connectivity index (χ3n) is 2.10. The zero-order valence-electron chi connectivity index (χ0n) is 9.89. The summed E-state index contributed by atoms with van der Waals surface area (Å²) in [6, 6.07) is 2.30. The van der Waals surface area contributed by atoms with Crippen LogP contribution in [-0.2, 0) is 13.5 Å². The minimum atomic E-state index is 0.639. The maximum atomic E-state index is 2.30. The average Bonchev–Trinajstić information content (AvgIpc) is 2.50. The molecule has 13 heavy (non-hydrogen) atoms. The third kappa shape index (κ3) is 3.25. The van der Waals surface area contributed by atoms with Crippen molar-refractivity contribution in [2.75, 3.05) is 0 Å². The molecule has 0 unspecified atom stereocenters. The Labute approximate surface area is 82.8 Å². The van der Waals surface area contributed by atoms with Crippen LogP contribution in [0, 0.1) is 0 Å². The molecular formula is C12H23N. The standard InChI is InChI=1S/C10H17N.C2H6/c1-5-9-6-10(8(2)3)11(4)7-9;1-2/h6-8H,5H2,1-4H3;1-2H3. The summed E-state index contributed by atoms with van der Waals surface area (Å²) in [5, 5.41) is 0. The van der Waals surface area contributed by atoms with Gasteiger partial charge in [-0.15, -0.1) is 0 Å². The van der Waals surface area contributed by atoms with Crippen molar-refractivity contribution in [2.45, 2.75) is 47.0 Å². The van der Waals surface area contributed by atoms with Crippen LogP contribution in [0.2, 0.25) is 0 Å². The van der Waals surface area contributed by atoms with Gasteiger partial charge in [0.2, 0.25) is 0 Å². The van der Waals surface area contributed by atoms with E-state index in [0.717, 1.165) is 6.42 Å². The first kappa shape index (κ1) is 12.3. The van der Waals surface area contributed by atoms with E-state index >= 15 is 0 Å². The molecule has 1 heterocycles. The fraction of sp³-hybridized carbons (Fsp3) is 0.667. The van der Waals surface area contributed by atoms with Gasteiger partial charge in [-0.1, -0.05) is 34.6 Å². The lowest BCUT2D eigenvalue weighted by Gasteiger charge is -2.04. The van der Waals surface area contributed by atoms with E-state index in [2.05, 4.69) is 44.6 Å². The molecule has 1 aromatic rings. The molecule has 1 aromatic heterocycles. The SMILES string of the molecule is CC.CCc1cc(C(C)C)n(C)c1. The quantitative estimate of drug-likeness (QED) is 0.655. The molecule has 0 aliphatic heterocycles. The lowest BCUT2D eigenvalue weighted by molar-refractivity contribution is 0.741. The lowest BCUT2D eigenvalue weighted by atomic mass is 10.1. The summed E-state index contributed by atoms with van der Waals surface area (Å²) in [4.78, 5) is 0. The summed E-state index contributed by atoms with van der Waals surface area (Å²) in [5.74, 6) is 0.639. The fourth-order valence-electron chi connectivity index (χ4n) is 1.42. The molecule has 1 nitrogen and oxygen atoms in total. The number of aryl methyl sites for hydroxylation is 2. The summed E-state index contributed by atoms with van der Waals surface area (Å²) in [6.07, 6.45) is 3.36. The molecule has 0 aliphatic carbocycles. The summed E-state index contributed by atoms with van der Waals surface area (Å²) in [5.41, 5.74) is 2.87. The van der Waals surface area contributed by atoms with E-state index in [4.69, 9.17) is 0 Å². The summed E-state index contributed by atoms with van der Waals surface area (Å²) in [7, 11) is 2.12. The van der Waals surface area contributed by atoms with Crippen LogP contribution in [0.3, 0.4) is 0 Å². The summed E-state index contributed by atoms with van der Waals surface area (Å²) < 4.78 is 2.23. The van der Waals surface area contributed by atoms with Gasteiger partial charge in [-0.25, -0.2) is 0 Å². The molecule has 0 bridgehead atoms. The molecule has 0 aromatic carbocycles. The first-order valence-electron chi connectivity index (χ1n) is 5.30. The van der Waals surface area contributed by atoms with Gasteiger partial charge < -0.3 is 4.57 Å². The second-order valence-corrected chi connectivity index (χ2v) is 3.39. The molecule has 0 fully saturated rings. The van der Waals surface area contributed by atoms with Gasteiger partial charge in [-0.2, -0.15) is 0 Å². The molecular weight excluding hydrogens is 158 g/mol. The highest BCUT2D eigenvalue weighted by molar-refractivity contribution is 5.20. The first-order chi connectivity index (χ1) is 6.15. The number of nitrogens with zero attached hydrogens (tertiary/aromatic N) is 1.